The summed E-state index contributed by atoms with van der Waals surface area (Å²) in [6, 6.07) is 4.39. The maximum atomic E-state index is 14.5. The fourth-order valence-electron chi connectivity index (χ4n) is 2.42. The number of carbonyl (C=O) groups is 2. The van der Waals surface area contributed by atoms with E-state index in [1.165, 1.54) is 33.6 Å². The van der Waals surface area contributed by atoms with Gasteiger partial charge < -0.3 is 10.1 Å². The molecule has 2 aromatic rings. The van der Waals surface area contributed by atoms with Crippen LogP contribution in [0, 0.1) is 5.82 Å². The lowest BCUT2D eigenvalue weighted by molar-refractivity contribution is -0.123. The number of rotatable bonds is 5. The van der Waals surface area contributed by atoms with Gasteiger partial charge in [-0.3, -0.25) is 14.3 Å². The number of nitrogens with zero attached hydrogens (tertiary/aromatic N) is 4. The van der Waals surface area contributed by atoms with E-state index in [-0.39, 0.29) is 24.6 Å². The summed E-state index contributed by atoms with van der Waals surface area (Å²) in [5.74, 6) is -0.750. The molecule has 1 N–H and O–H groups in total. The number of amides is 2. The topological polar surface area (TPSA) is 89.4 Å². The Kier molecular flexibility index (Phi) is 4.88. The Morgan fingerprint density at radius 1 is 1.52 bits per heavy atom. The smallest absolute Gasteiger partial charge is 0.416 e. The highest BCUT2D eigenvalue weighted by atomic mass is 32.2. The lowest BCUT2D eigenvalue weighted by atomic mass is 10.2. The number of ether oxygens (including phenoxy) is 1. The van der Waals surface area contributed by atoms with Gasteiger partial charge in [-0.1, -0.05) is 18.7 Å². The molecule has 10 heteroatoms. The number of cyclic esters (lactones) is 1. The van der Waals surface area contributed by atoms with Crippen LogP contribution >= 0.6 is 11.8 Å². The number of halogens is 1. The first-order chi connectivity index (χ1) is 12.0. The van der Waals surface area contributed by atoms with Crippen LogP contribution in [0.1, 0.15) is 13.3 Å². The van der Waals surface area contributed by atoms with Crippen molar-refractivity contribution in [2.75, 3.05) is 17.7 Å². The van der Waals surface area contributed by atoms with Gasteiger partial charge in [0.05, 0.1) is 17.9 Å². The number of nitrogens with one attached hydrogen (secondary N) is 1. The average molecular weight is 365 g/mol. The molecule has 2 amide bonds. The summed E-state index contributed by atoms with van der Waals surface area (Å²) in [6.45, 7) is 1.82. The zero-order valence-corrected chi connectivity index (χ0v) is 14.4. The van der Waals surface area contributed by atoms with E-state index in [1.807, 2.05) is 6.26 Å². The normalized spacial score (nSPS) is 16.8. The highest BCUT2D eigenvalue weighted by molar-refractivity contribution is 7.98. The highest BCUT2D eigenvalue weighted by Crippen LogP contribution is 2.26. The summed E-state index contributed by atoms with van der Waals surface area (Å²) in [4.78, 5) is 24.7. The third-order valence-corrected chi connectivity index (χ3v) is 4.30. The first kappa shape index (κ1) is 17.2. The maximum absolute atomic E-state index is 14.5. The van der Waals surface area contributed by atoms with Crippen LogP contribution in [0.5, 0.6) is 0 Å². The molecule has 1 aromatic carbocycles. The molecule has 1 saturated heterocycles. The van der Waals surface area contributed by atoms with E-state index in [4.69, 9.17) is 4.74 Å². The van der Waals surface area contributed by atoms with Crippen molar-refractivity contribution in [1.82, 2.24) is 20.1 Å². The van der Waals surface area contributed by atoms with Crippen molar-refractivity contribution in [2.24, 2.45) is 0 Å². The van der Waals surface area contributed by atoms with Crippen molar-refractivity contribution in [3.63, 3.8) is 0 Å². The number of thioether (sulfide) groups is 1. The molecule has 1 aliphatic heterocycles. The summed E-state index contributed by atoms with van der Waals surface area (Å²) in [5, 5.41) is 10.8. The minimum Gasteiger partial charge on any atom is -0.423 e. The summed E-state index contributed by atoms with van der Waals surface area (Å²) < 4.78 is 21.1. The van der Waals surface area contributed by atoms with E-state index in [2.05, 4.69) is 15.5 Å². The quantitative estimate of drug-likeness (QED) is 0.815. The zero-order valence-electron chi connectivity index (χ0n) is 13.6. The van der Waals surface area contributed by atoms with Gasteiger partial charge in [0.2, 0.25) is 5.91 Å². The molecule has 132 valence electrons. The molecule has 8 nitrogen and oxygen atoms in total. The molecule has 0 spiro atoms. The average Bonchev–Trinajstić information content (AvgIpc) is 3.20. The van der Waals surface area contributed by atoms with Gasteiger partial charge >= 0.3 is 6.09 Å². The van der Waals surface area contributed by atoms with Crippen LogP contribution in [0.15, 0.2) is 29.7 Å². The van der Waals surface area contributed by atoms with E-state index < -0.39 is 18.1 Å². The van der Waals surface area contributed by atoms with E-state index >= 15 is 0 Å². The second kappa shape index (κ2) is 7.09. The monoisotopic (exact) mass is 365 g/mol. The molecule has 2 heterocycles. The maximum Gasteiger partial charge on any atom is 0.416 e. The molecule has 0 unspecified atom stereocenters. The Hall–Kier alpha value is -2.62. The second-order valence-electron chi connectivity index (χ2n) is 5.23. The molecule has 0 bridgehead atoms. The SMILES string of the molecule is CCC(=O)N[C@@H]1CN(c2ccc(-n3cnnc3SC)c(F)c2)C(=O)O1. The molecular weight excluding hydrogens is 349 g/mol. The van der Waals surface area contributed by atoms with Crippen molar-refractivity contribution in [2.45, 2.75) is 24.7 Å². The lowest BCUT2D eigenvalue weighted by Gasteiger charge is -2.15. The highest BCUT2D eigenvalue weighted by Gasteiger charge is 2.33. The largest absolute Gasteiger partial charge is 0.423 e. The minimum atomic E-state index is -0.747. The van der Waals surface area contributed by atoms with Crippen LogP contribution in [0.3, 0.4) is 0 Å². The molecule has 1 aromatic heterocycles. The van der Waals surface area contributed by atoms with Crippen LogP contribution < -0.4 is 10.2 Å². The Balaban J connectivity index is 1.81. The minimum absolute atomic E-state index is 0.117. The van der Waals surface area contributed by atoms with Crippen molar-refractivity contribution in [3.8, 4) is 5.69 Å². The van der Waals surface area contributed by atoms with Gasteiger partial charge in [0.25, 0.3) is 0 Å². The molecule has 25 heavy (non-hydrogen) atoms. The number of benzene rings is 1. The summed E-state index contributed by atoms with van der Waals surface area (Å²) in [5.41, 5.74) is 0.625. The molecule has 1 fully saturated rings. The van der Waals surface area contributed by atoms with Gasteiger partial charge in [0.1, 0.15) is 12.1 Å². The molecule has 0 aliphatic carbocycles. The Morgan fingerprint density at radius 2 is 2.32 bits per heavy atom. The van der Waals surface area contributed by atoms with Crippen molar-refractivity contribution in [1.29, 1.82) is 0 Å². The van der Waals surface area contributed by atoms with Gasteiger partial charge in [-0.2, -0.15) is 0 Å². The summed E-state index contributed by atoms with van der Waals surface area (Å²) in [7, 11) is 0. The standard InChI is InChI=1S/C15H16FN5O3S/c1-3-12(22)18-13-7-20(15(23)24-13)9-4-5-11(10(16)6-9)21-8-17-19-14(21)25-2/h4-6,8,13H,3,7H2,1-2H3,(H,18,22)/t13-/m0/s1. The number of carbonyl (C=O) groups excluding carboxylic acids is 2. The number of aromatic nitrogens is 3. The van der Waals surface area contributed by atoms with Crippen molar-refractivity contribution >= 4 is 29.4 Å². The third kappa shape index (κ3) is 3.43. The molecule has 0 radical (unpaired) electrons. The first-order valence-electron chi connectivity index (χ1n) is 7.55. The van der Waals surface area contributed by atoms with E-state index in [0.29, 0.717) is 10.8 Å². The van der Waals surface area contributed by atoms with Crippen molar-refractivity contribution in [3.05, 3.63) is 30.3 Å². The van der Waals surface area contributed by atoms with Crippen molar-refractivity contribution < 1.29 is 18.7 Å². The van der Waals surface area contributed by atoms with E-state index in [0.717, 1.165) is 0 Å². The molecule has 1 aliphatic rings. The Bertz CT molecular complexity index is 812. The fraction of sp³-hybridized carbons (Fsp3) is 0.333. The predicted octanol–water partition coefficient (Wildman–Crippen LogP) is 1.94. The van der Waals surface area contributed by atoms with Gasteiger partial charge in [-0.05, 0) is 24.5 Å². The fourth-order valence-corrected chi connectivity index (χ4v) is 2.89. The van der Waals surface area contributed by atoms with Gasteiger partial charge in [0, 0.05) is 6.42 Å². The molecular formula is C15H16FN5O3S. The number of hydrogen-bond acceptors (Lipinski definition) is 6. The predicted molar refractivity (Wildman–Crippen MR) is 89.1 cm³/mol. The first-order valence-corrected chi connectivity index (χ1v) is 8.77. The number of hydrogen-bond donors (Lipinski definition) is 1. The Morgan fingerprint density at radius 3 is 3.00 bits per heavy atom. The number of anilines is 1. The van der Waals surface area contributed by atoms with Crippen LogP contribution in [-0.2, 0) is 9.53 Å². The van der Waals surface area contributed by atoms with Gasteiger partial charge in [-0.15, -0.1) is 10.2 Å². The van der Waals surface area contributed by atoms with Crippen LogP contribution in [0.25, 0.3) is 5.69 Å². The summed E-state index contributed by atoms with van der Waals surface area (Å²) >= 11 is 1.34. The second-order valence-corrected chi connectivity index (χ2v) is 6.00. The van der Waals surface area contributed by atoms with Crippen LogP contribution in [-0.4, -0.2) is 45.8 Å². The van der Waals surface area contributed by atoms with Crippen LogP contribution in [0.4, 0.5) is 14.9 Å². The zero-order chi connectivity index (χ0) is 18.0. The Labute approximate surface area is 147 Å². The molecule has 0 saturated carbocycles. The van der Waals surface area contributed by atoms with Gasteiger partial charge in [0.15, 0.2) is 11.4 Å². The summed E-state index contributed by atoms with van der Waals surface area (Å²) in [6.07, 6.45) is 2.14. The van der Waals surface area contributed by atoms with Crippen LogP contribution in [0.2, 0.25) is 0 Å². The van der Waals surface area contributed by atoms with Gasteiger partial charge in [-0.25, -0.2) is 9.18 Å². The molecule has 3 rings (SSSR count). The van der Waals surface area contributed by atoms with E-state index in [1.54, 1.807) is 19.1 Å². The lowest BCUT2D eigenvalue weighted by Crippen LogP contribution is -2.37. The van der Waals surface area contributed by atoms with E-state index in [9.17, 15) is 14.0 Å². The third-order valence-electron chi connectivity index (χ3n) is 3.66. The molecule has 1 atom stereocenters.